The van der Waals surface area contributed by atoms with Gasteiger partial charge >= 0.3 is 0 Å². The monoisotopic (exact) mass is 424 g/mol. The van der Waals surface area contributed by atoms with E-state index in [2.05, 4.69) is 24.1 Å². The number of para-hydroxylation sites is 1. The Hall–Kier alpha value is -2.77. The van der Waals surface area contributed by atoms with Crippen molar-refractivity contribution in [1.29, 1.82) is 0 Å². The molecule has 7 heteroatoms. The number of hydrogen-bond donors (Lipinski definition) is 1. The standard InChI is InChI=1S/C22H20N2O3S2/c1-13(2)29-16-8-4-7-15(10-16)21(25)24-22-23-17(12-28-22)19-11-14-6-5-9-18(26-3)20(14)27-19/h4-13H,1-3H3,(H,23,24,25). The summed E-state index contributed by atoms with van der Waals surface area (Å²) in [5.41, 5.74) is 1.97. The van der Waals surface area contributed by atoms with Crippen molar-refractivity contribution in [1.82, 2.24) is 4.98 Å². The molecule has 1 amide bonds. The number of benzene rings is 2. The third kappa shape index (κ3) is 4.31. The third-order valence-corrected chi connectivity index (χ3v) is 5.93. The first kappa shape index (κ1) is 19.5. The van der Waals surface area contributed by atoms with Gasteiger partial charge in [-0.3, -0.25) is 10.1 Å². The molecule has 4 rings (SSSR count). The van der Waals surface area contributed by atoms with E-state index in [-0.39, 0.29) is 5.91 Å². The van der Waals surface area contributed by atoms with Crippen LogP contribution in [0, 0.1) is 0 Å². The van der Waals surface area contributed by atoms with E-state index in [4.69, 9.17) is 9.15 Å². The molecule has 0 bridgehead atoms. The summed E-state index contributed by atoms with van der Waals surface area (Å²) in [6.45, 7) is 4.25. The van der Waals surface area contributed by atoms with Crippen molar-refractivity contribution in [2.45, 2.75) is 24.0 Å². The summed E-state index contributed by atoms with van der Waals surface area (Å²) in [5, 5.41) is 6.67. The number of methoxy groups -OCH3 is 1. The van der Waals surface area contributed by atoms with Gasteiger partial charge in [0.1, 0.15) is 5.69 Å². The van der Waals surface area contributed by atoms with Crippen molar-refractivity contribution in [3.8, 4) is 17.2 Å². The van der Waals surface area contributed by atoms with Crippen LogP contribution in [0.1, 0.15) is 24.2 Å². The second kappa shape index (κ2) is 8.31. The molecule has 0 fully saturated rings. The Morgan fingerprint density at radius 2 is 2.03 bits per heavy atom. The number of thioether (sulfide) groups is 1. The van der Waals surface area contributed by atoms with E-state index in [9.17, 15) is 4.79 Å². The molecule has 0 saturated carbocycles. The minimum absolute atomic E-state index is 0.177. The molecular weight excluding hydrogens is 404 g/mol. The van der Waals surface area contributed by atoms with Crippen LogP contribution in [0.5, 0.6) is 5.75 Å². The molecule has 29 heavy (non-hydrogen) atoms. The summed E-state index contributed by atoms with van der Waals surface area (Å²) < 4.78 is 11.3. The molecule has 4 aromatic rings. The number of ether oxygens (including phenoxy) is 1. The number of thiazole rings is 1. The summed E-state index contributed by atoms with van der Waals surface area (Å²) in [6, 6.07) is 15.3. The molecule has 5 nitrogen and oxygen atoms in total. The molecule has 0 saturated heterocycles. The number of carbonyl (C=O) groups is 1. The Morgan fingerprint density at radius 1 is 1.21 bits per heavy atom. The molecule has 0 aliphatic rings. The topological polar surface area (TPSA) is 64.4 Å². The Morgan fingerprint density at radius 3 is 2.83 bits per heavy atom. The lowest BCUT2D eigenvalue weighted by molar-refractivity contribution is 0.102. The second-order valence-corrected chi connectivity index (χ2v) is 9.18. The zero-order chi connectivity index (χ0) is 20.4. The number of nitrogens with zero attached hydrogens (tertiary/aromatic N) is 1. The van der Waals surface area contributed by atoms with Gasteiger partial charge in [0.2, 0.25) is 0 Å². The average Bonchev–Trinajstić information content (AvgIpc) is 3.34. The Bertz CT molecular complexity index is 1160. The van der Waals surface area contributed by atoms with Crippen LogP contribution < -0.4 is 10.1 Å². The third-order valence-electron chi connectivity index (χ3n) is 4.17. The molecular formula is C22H20N2O3S2. The van der Waals surface area contributed by atoms with Gasteiger partial charge in [0, 0.05) is 26.5 Å². The van der Waals surface area contributed by atoms with Crippen LogP contribution >= 0.6 is 23.1 Å². The van der Waals surface area contributed by atoms with Crippen molar-refractivity contribution in [2.75, 3.05) is 12.4 Å². The van der Waals surface area contributed by atoms with Crippen molar-refractivity contribution < 1.29 is 13.9 Å². The number of amides is 1. The van der Waals surface area contributed by atoms with Gasteiger partial charge in [-0.05, 0) is 30.3 Å². The van der Waals surface area contributed by atoms with Gasteiger partial charge in [-0.25, -0.2) is 4.98 Å². The SMILES string of the molecule is COc1cccc2cc(-c3csc(NC(=O)c4cccc(SC(C)C)c4)n3)oc12. The van der Waals surface area contributed by atoms with Gasteiger partial charge in [0.25, 0.3) is 5.91 Å². The molecule has 0 unspecified atom stereocenters. The highest BCUT2D eigenvalue weighted by molar-refractivity contribution is 7.99. The maximum absolute atomic E-state index is 12.6. The van der Waals surface area contributed by atoms with Gasteiger partial charge in [-0.2, -0.15) is 0 Å². The van der Waals surface area contributed by atoms with Crippen molar-refractivity contribution in [3.63, 3.8) is 0 Å². The zero-order valence-electron chi connectivity index (χ0n) is 16.3. The first-order valence-corrected chi connectivity index (χ1v) is 10.9. The molecule has 0 radical (unpaired) electrons. The highest BCUT2D eigenvalue weighted by Crippen LogP contribution is 2.34. The number of nitrogens with one attached hydrogen (secondary N) is 1. The molecule has 0 aliphatic heterocycles. The largest absolute Gasteiger partial charge is 0.493 e. The average molecular weight is 425 g/mol. The maximum atomic E-state index is 12.6. The number of fused-ring (bicyclic) bond motifs is 1. The molecule has 0 spiro atoms. The maximum Gasteiger partial charge on any atom is 0.257 e. The summed E-state index contributed by atoms with van der Waals surface area (Å²) in [7, 11) is 1.61. The van der Waals surface area contributed by atoms with Crippen LogP contribution in [0.4, 0.5) is 5.13 Å². The van der Waals surface area contributed by atoms with Crippen LogP contribution in [0.3, 0.4) is 0 Å². The van der Waals surface area contributed by atoms with Crippen molar-refractivity contribution in [2.24, 2.45) is 0 Å². The lowest BCUT2D eigenvalue weighted by Crippen LogP contribution is -2.11. The Labute approximate surface area is 177 Å². The van der Waals surface area contributed by atoms with Crippen molar-refractivity contribution >= 4 is 45.1 Å². The molecule has 2 aromatic heterocycles. The van der Waals surface area contributed by atoms with Crippen molar-refractivity contribution in [3.05, 3.63) is 59.5 Å². The van der Waals surface area contributed by atoms with Gasteiger partial charge in [0.15, 0.2) is 22.2 Å². The number of anilines is 1. The Kier molecular flexibility index (Phi) is 5.60. The molecule has 0 aliphatic carbocycles. The highest BCUT2D eigenvalue weighted by atomic mass is 32.2. The van der Waals surface area contributed by atoms with Gasteiger partial charge in [-0.15, -0.1) is 23.1 Å². The van der Waals surface area contributed by atoms with Gasteiger partial charge in [0.05, 0.1) is 7.11 Å². The van der Waals surface area contributed by atoms with Crippen LogP contribution in [-0.4, -0.2) is 23.3 Å². The molecule has 0 atom stereocenters. The van der Waals surface area contributed by atoms with Gasteiger partial charge in [-0.1, -0.05) is 32.0 Å². The number of carbonyl (C=O) groups excluding carboxylic acids is 1. The van der Waals surface area contributed by atoms with E-state index in [0.29, 0.717) is 38.7 Å². The molecule has 1 N–H and O–H groups in total. The normalized spacial score (nSPS) is 11.2. The van der Waals surface area contributed by atoms with E-state index in [1.54, 1.807) is 24.9 Å². The summed E-state index contributed by atoms with van der Waals surface area (Å²) >= 11 is 3.09. The van der Waals surface area contributed by atoms with E-state index in [0.717, 1.165) is 10.3 Å². The smallest absolute Gasteiger partial charge is 0.257 e. The van der Waals surface area contributed by atoms with E-state index >= 15 is 0 Å². The minimum atomic E-state index is -0.177. The van der Waals surface area contributed by atoms with Crippen LogP contribution in [0.25, 0.3) is 22.4 Å². The number of furan rings is 1. The fraction of sp³-hybridized carbons (Fsp3) is 0.182. The quantitative estimate of drug-likeness (QED) is 0.367. The summed E-state index contributed by atoms with van der Waals surface area (Å²) in [4.78, 5) is 18.2. The zero-order valence-corrected chi connectivity index (χ0v) is 17.9. The molecule has 148 valence electrons. The predicted octanol–water partition coefficient (Wildman–Crippen LogP) is 6.32. The lowest BCUT2D eigenvalue weighted by atomic mass is 10.2. The van der Waals surface area contributed by atoms with E-state index in [1.165, 1.54) is 11.3 Å². The lowest BCUT2D eigenvalue weighted by Gasteiger charge is -2.07. The van der Waals surface area contributed by atoms with Crippen LogP contribution in [-0.2, 0) is 0 Å². The first-order chi connectivity index (χ1) is 14.0. The molecule has 2 aromatic carbocycles. The fourth-order valence-electron chi connectivity index (χ4n) is 2.92. The predicted molar refractivity (Wildman–Crippen MR) is 119 cm³/mol. The summed E-state index contributed by atoms with van der Waals surface area (Å²) in [5.74, 6) is 1.14. The minimum Gasteiger partial charge on any atom is -0.493 e. The number of hydrogen-bond acceptors (Lipinski definition) is 6. The fourth-order valence-corrected chi connectivity index (χ4v) is 4.51. The van der Waals surface area contributed by atoms with Crippen LogP contribution in [0.15, 0.2) is 63.2 Å². The number of rotatable bonds is 6. The van der Waals surface area contributed by atoms with E-state index < -0.39 is 0 Å². The van der Waals surface area contributed by atoms with Gasteiger partial charge < -0.3 is 9.15 Å². The second-order valence-electron chi connectivity index (χ2n) is 6.68. The van der Waals surface area contributed by atoms with Crippen LogP contribution in [0.2, 0.25) is 0 Å². The van der Waals surface area contributed by atoms with E-state index in [1.807, 2.05) is 47.8 Å². The summed E-state index contributed by atoms with van der Waals surface area (Å²) in [6.07, 6.45) is 0. The Balaban J connectivity index is 1.53. The highest BCUT2D eigenvalue weighted by Gasteiger charge is 2.15. The number of aromatic nitrogens is 1. The molecule has 2 heterocycles. The first-order valence-electron chi connectivity index (χ1n) is 9.14.